The van der Waals surface area contributed by atoms with Gasteiger partial charge in [0.1, 0.15) is 0 Å². The predicted octanol–water partition coefficient (Wildman–Crippen LogP) is 2.58. The molecule has 1 aromatic rings. The third-order valence-corrected chi connectivity index (χ3v) is 5.35. The Hall–Kier alpha value is -1.07. The first kappa shape index (κ1) is 14.3. The first-order chi connectivity index (χ1) is 8.99. The topological polar surface area (TPSA) is 72.2 Å². The van der Waals surface area contributed by atoms with E-state index in [-0.39, 0.29) is 6.04 Å². The molecule has 0 bridgehead atoms. The molecule has 106 valence electrons. The average molecular weight is 282 g/mol. The molecule has 0 atom stereocenters. The van der Waals surface area contributed by atoms with Crippen molar-refractivity contribution in [1.29, 1.82) is 0 Å². The van der Waals surface area contributed by atoms with Crippen LogP contribution in [0.15, 0.2) is 23.1 Å². The van der Waals surface area contributed by atoms with Crippen LogP contribution in [-0.2, 0) is 10.0 Å². The standard InChI is InChI=1S/C14H22N2O2S/c1-11-10-12(15)8-9-14(11)19(17,18)16-13-6-4-2-3-5-7-13/h8-10,13,16H,2-7,15H2,1H3. The fourth-order valence-corrected chi connectivity index (χ4v) is 4.19. The zero-order chi connectivity index (χ0) is 13.9. The van der Waals surface area contributed by atoms with E-state index in [2.05, 4.69) is 4.72 Å². The summed E-state index contributed by atoms with van der Waals surface area (Å²) in [5.74, 6) is 0. The maximum absolute atomic E-state index is 12.4. The van der Waals surface area contributed by atoms with Gasteiger partial charge in [0.2, 0.25) is 10.0 Å². The van der Waals surface area contributed by atoms with E-state index < -0.39 is 10.0 Å². The summed E-state index contributed by atoms with van der Waals surface area (Å²) in [6, 6.07) is 4.99. The molecule has 1 fully saturated rings. The van der Waals surface area contributed by atoms with Gasteiger partial charge in [-0.05, 0) is 43.5 Å². The molecule has 0 spiro atoms. The van der Waals surface area contributed by atoms with Crippen molar-refractivity contribution in [1.82, 2.24) is 4.72 Å². The Kier molecular flexibility index (Phi) is 4.47. The molecule has 1 aliphatic carbocycles. The number of sulfonamides is 1. The van der Waals surface area contributed by atoms with Crippen molar-refractivity contribution in [3.63, 3.8) is 0 Å². The second kappa shape index (κ2) is 5.92. The quantitative estimate of drug-likeness (QED) is 0.661. The highest BCUT2D eigenvalue weighted by Gasteiger charge is 2.22. The van der Waals surface area contributed by atoms with Crippen molar-refractivity contribution < 1.29 is 8.42 Å². The van der Waals surface area contributed by atoms with Gasteiger partial charge < -0.3 is 5.73 Å². The monoisotopic (exact) mass is 282 g/mol. The molecule has 0 radical (unpaired) electrons. The molecule has 4 nitrogen and oxygen atoms in total. The Balaban J connectivity index is 2.17. The summed E-state index contributed by atoms with van der Waals surface area (Å²) in [5, 5.41) is 0. The minimum atomic E-state index is -3.43. The van der Waals surface area contributed by atoms with Crippen LogP contribution < -0.4 is 10.5 Å². The lowest BCUT2D eigenvalue weighted by Gasteiger charge is -2.17. The number of nitrogens with two attached hydrogens (primary N) is 1. The lowest BCUT2D eigenvalue weighted by Crippen LogP contribution is -2.34. The number of aryl methyl sites for hydroxylation is 1. The summed E-state index contributed by atoms with van der Waals surface area (Å²) in [6.45, 7) is 1.78. The molecule has 19 heavy (non-hydrogen) atoms. The van der Waals surface area contributed by atoms with Crippen LogP contribution in [0.25, 0.3) is 0 Å². The van der Waals surface area contributed by atoms with E-state index >= 15 is 0 Å². The van der Waals surface area contributed by atoms with Gasteiger partial charge in [-0.15, -0.1) is 0 Å². The molecule has 0 heterocycles. The number of rotatable bonds is 3. The lowest BCUT2D eigenvalue weighted by atomic mass is 10.1. The van der Waals surface area contributed by atoms with Crippen molar-refractivity contribution >= 4 is 15.7 Å². The van der Waals surface area contributed by atoms with Crippen LogP contribution in [0, 0.1) is 6.92 Å². The summed E-state index contributed by atoms with van der Waals surface area (Å²) < 4.78 is 27.6. The molecule has 0 unspecified atom stereocenters. The van der Waals surface area contributed by atoms with Crippen LogP contribution in [0.5, 0.6) is 0 Å². The van der Waals surface area contributed by atoms with Crippen LogP contribution in [0.2, 0.25) is 0 Å². The van der Waals surface area contributed by atoms with Crippen molar-refractivity contribution in [3.05, 3.63) is 23.8 Å². The van der Waals surface area contributed by atoms with Gasteiger partial charge >= 0.3 is 0 Å². The van der Waals surface area contributed by atoms with E-state index in [0.717, 1.165) is 25.7 Å². The maximum Gasteiger partial charge on any atom is 0.241 e. The van der Waals surface area contributed by atoms with Gasteiger partial charge in [-0.1, -0.05) is 25.7 Å². The van der Waals surface area contributed by atoms with E-state index in [1.165, 1.54) is 12.8 Å². The third kappa shape index (κ3) is 3.70. The normalized spacial score (nSPS) is 18.2. The lowest BCUT2D eigenvalue weighted by molar-refractivity contribution is 0.509. The van der Waals surface area contributed by atoms with Gasteiger partial charge in [0.25, 0.3) is 0 Å². The molecule has 1 saturated carbocycles. The van der Waals surface area contributed by atoms with Crippen molar-refractivity contribution in [2.75, 3.05) is 5.73 Å². The Morgan fingerprint density at radius 3 is 2.37 bits per heavy atom. The number of hydrogen-bond acceptors (Lipinski definition) is 3. The van der Waals surface area contributed by atoms with Crippen molar-refractivity contribution in [3.8, 4) is 0 Å². The molecule has 3 N–H and O–H groups in total. The highest BCUT2D eigenvalue weighted by Crippen LogP contribution is 2.22. The molecule has 2 rings (SSSR count). The van der Waals surface area contributed by atoms with Crippen molar-refractivity contribution in [2.45, 2.75) is 56.4 Å². The second-order valence-electron chi connectivity index (χ2n) is 5.33. The largest absolute Gasteiger partial charge is 0.399 e. The van der Waals surface area contributed by atoms with Gasteiger partial charge in [-0.2, -0.15) is 0 Å². The first-order valence-corrected chi connectivity index (χ1v) is 8.36. The first-order valence-electron chi connectivity index (χ1n) is 6.87. The zero-order valence-corrected chi connectivity index (χ0v) is 12.2. The van der Waals surface area contributed by atoms with Gasteiger partial charge in [-0.25, -0.2) is 13.1 Å². The molecule has 0 aliphatic heterocycles. The summed E-state index contributed by atoms with van der Waals surface area (Å²) >= 11 is 0. The number of hydrogen-bond donors (Lipinski definition) is 2. The number of benzene rings is 1. The summed E-state index contributed by atoms with van der Waals surface area (Å²) in [4.78, 5) is 0.339. The zero-order valence-electron chi connectivity index (χ0n) is 11.4. The average Bonchev–Trinajstić information content (AvgIpc) is 2.56. The van der Waals surface area contributed by atoms with Crippen LogP contribution >= 0.6 is 0 Å². The van der Waals surface area contributed by atoms with E-state index in [9.17, 15) is 8.42 Å². The second-order valence-corrected chi connectivity index (χ2v) is 7.02. The predicted molar refractivity (Wildman–Crippen MR) is 77.4 cm³/mol. The van der Waals surface area contributed by atoms with Crippen LogP contribution in [0.3, 0.4) is 0 Å². The third-order valence-electron chi connectivity index (χ3n) is 3.67. The number of nitrogens with one attached hydrogen (secondary N) is 1. The minimum Gasteiger partial charge on any atom is -0.399 e. The van der Waals surface area contributed by atoms with Gasteiger partial charge in [-0.3, -0.25) is 0 Å². The van der Waals surface area contributed by atoms with E-state index in [4.69, 9.17) is 5.73 Å². The number of nitrogen functional groups attached to an aromatic ring is 1. The molecular weight excluding hydrogens is 260 g/mol. The summed E-state index contributed by atoms with van der Waals surface area (Å²) in [5.41, 5.74) is 6.94. The Bertz CT molecular complexity index is 532. The van der Waals surface area contributed by atoms with Gasteiger partial charge in [0, 0.05) is 11.7 Å². The molecule has 0 aromatic heterocycles. The molecule has 1 aliphatic rings. The van der Waals surface area contributed by atoms with Crippen LogP contribution in [0.4, 0.5) is 5.69 Å². The van der Waals surface area contributed by atoms with E-state index in [1.807, 2.05) is 0 Å². The molecule has 5 heteroatoms. The summed E-state index contributed by atoms with van der Waals surface area (Å²) in [6.07, 6.45) is 6.50. The fourth-order valence-electron chi connectivity index (χ4n) is 2.65. The highest BCUT2D eigenvalue weighted by molar-refractivity contribution is 7.89. The van der Waals surface area contributed by atoms with E-state index in [0.29, 0.717) is 16.1 Å². The smallest absolute Gasteiger partial charge is 0.241 e. The Morgan fingerprint density at radius 1 is 1.16 bits per heavy atom. The van der Waals surface area contributed by atoms with Crippen LogP contribution in [-0.4, -0.2) is 14.5 Å². The highest BCUT2D eigenvalue weighted by atomic mass is 32.2. The van der Waals surface area contributed by atoms with Gasteiger partial charge in [0.15, 0.2) is 0 Å². The van der Waals surface area contributed by atoms with Crippen molar-refractivity contribution in [2.24, 2.45) is 0 Å². The Labute approximate surface area is 115 Å². The molecule has 0 amide bonds. The number of anilines is 1. The van der Waals surface area contributed by atoms with Gasteiger partial charge in [0.05, 0.1) is 4.90 Å². The maximum atomic E-state index is 12.4. The Morgan fingerprint density at radius 2 is 1.79 bits per heavy atom. The molecular formula is C14H22N2O2S. The fraction of sp³-hybridized carbons (Fsp3) is 0.571. The SMILES string of the molecule is Cc1cc(N)ccc1S(=O)(=O)NC1CCCCCC1. The minimum absolute atomic E-state index is 0.0736. The van der Waals surface area contributed by atoms with E-state index in [1.54, 1.807) is 25.1 Å². The van der Waals surface area contributed by atoms with Crippen LogP contribution in [0.1, 0.15) is 44.1 Å². The molecule has 0 saturated heterocycles. The molecule has 1 aromatic carbocycles. The summed E-state index contributed by atoms with van der Waals surface area (Å²) in [7, 11) is -3.43.